The number of rotatable bonds is 6. The number of carbonyl (C=O) groups is 1. The van der Waals surface area contributed by atoms with E-state index in [0.717, 1.165) is 36.1 Å². The number of aromatic amines is 1. The number of aromatic nitrogens is 2. The molecule has 140 valence electrons. The summed E-state index contributed by atoms with van der Waals surface area (Å²) in [4.78, 5) is 20.9. The third-order valence-electron chi connectivity index (χ3n) is 5.82. The Labute approximate surface area is 155 Å². The number of nitrogens with zero attached hydrogens (tertiary/aromatic N) is 1. The Bertz CT molecular complexity index is 723. The summed E-state index contributed by atoms with van der Waals surface area (Å²) < 4.78 is 0. The summed E-state index contributed by atoms with van der Waals surface area (Å²) >= 11 is 0. The van der Waals surface area contributed by atoms with Crippen LogP contribution in [-0.2, 0) is 4.79 Å². The number of amides is 1. The number of fused-ring (bicyclic) bond motifs is 3. The van der Waals surface area contributed by atoms with Crippen LogP contribution in [0.1, 0.15) is 64.2 Å². The van der Waals surface area contributed by atoms with Crippen molar-refractivity contribution in [3.8, 4) is 0 Å². The molecule has 5 nitrogen and oxygen atoms in total. The zero-order valence-electron chi connectivity index (χ0n) is 15.8. The van der Waals surface area contributed by atoms with Crippen LogP contribution in [0.5, 0.6) is 0 Å². The molecule has 0 spiro atoms. The molecule has 3 atom stereocenters. The predicted molar refractivity (Wildman–Crippen MR) is 104 cm³/mol. The minimum absolute atomic E-state index is 0.0478. The summed E-state index contributed by atoms with van der Waals surface area (Å²) in [7, 11) is 0. The summed E-state index contributed by atoms with van der Waals surface area (Å²) in [5, 5.41) is 6.92. The molecule has 2 saturated heterocycles. The predicted octanol–water partition coefficient (Wildman–Crippen LogP) is 3.69. The van der Waals surface area contributed by atoms with E-state index in [-0.39, 0.29) is 11.9 Å². The molecule has 1 aromatic heterocycles. The van der Waals surface area contributed by atoms with Gasteiger partial charge in [0.05, 0.1) is 17.1 Å². The van der Waals surface area contributed by atoms with Gasteiger partial charge in [0, 0.05) is 18.5 Å². The first-order chi connectivity index (χ1) is 12.6. The second-order valence-electron chi connectivity index (χ2n) is 8.57. The maximum absolute atomic E-state index is 12.8. The average molecular weight is 354 g/mol. The Hall–Kier alpha value is -1.88. The second kappa shape index (κ2) is 7.39. The third-order valence-corrected chi connectivity index (χ3v) is 5.82. The van der Waals surface area contributed by atoms with Crippen molar-refractivity contribution in [3.63, 3.8) is 0 Å². The number of piperidine rings is 1. The normalized spacial score (nSPS) is 26.3. The van der Waals surface area contributed by atoms with Crippen molar-refractivity contribution < 1.29 is 4.79 Å². The number of nitrogens with one attached hydrogen (secondary N) is 3. The van der Waals surface area contributed by atoms with Gasteiger partial charge in [-0.3, -0.25) is 4.79 Å². The Morgan fingerprint density at radius 3 is 2.65 bits per heavy atom. The van der Waals surface area contributed by atoms with Crippen LogP contribution in [0.2, 0.25) is 0 Å². The van der Waals surface area contributed by atoms with Gasteiger partial charge in [0.15, 0.2) is 0 Å². The van der Waals surface area contributed by atoms with E-state index in [0.29, 0.717) is 30.3 Å². The molecule has 26 heavy (non-hydrogen) atoms. The van der Waals surface area contributed by atoms with Crippen LogP contribution in [0.15, 0.2) is 24.3 Å². The fourth-order valence-corrected chi connectivity index (χ4v) is 4.71. The van der Waals surface area contributed by atoms with Crippen LogP contribution >= 0.6 is 0 Å². The Kier molecular flexibility index (Phi) is 4.98. The highest BCUT2D eigenvalue weighted by Gasteiger charge is 2.34. The summed E-state index contributed by atoms with van der Waals surface area (Å²) in [5.41, 5.74) is 1.99. The van der Waals surface area contributed by atoms with Gasteiger partial charge in [-0.15, -0.1) is 0 Å². The van der Waals surface area contributed by atoms with Crippen LogP contribution in [0.4, 0.5) is 0 Å². The number of H-pyrrole nitrogens is 1. The molecule has 2 aromatic rings. The van der Waals surface area contributed by atoms with E-state index >= 15 is 0 Å². The van der Waals surface area contributed by atoms with Gasteiger partial charge < -0.3 is 15.6 Å². The molecule has 2 aliphatic rings. The summed E-state index contributed by atoms with van der Waals surface area (Å²) in [6.07, 6.45) is 6.37. The second-order valence-corrected chi connectivity index (χ2v) is 8.57. The maximum Gasteiger partial charge on any atom is 0.220 e. The number of hydrogen-bond acceptors (Lipinski definition) is 3. The number of carbonyl (C=O) groups excluding carboxylic acids is 1. The van der Waals surface area contributed by atoms with Crippen molar-refractivity contribution in [2.75, 3.05) is 0 Å². The van der Waals surface area contributed by atoms with Gasteiger partial charge in [-0.2, -0.15) is 0 Å². The van der Waals surface area contributed by atoms with Gasteiger partial charge >= 0.3 is 0 Å². The number of benzene rings is 1. The van der Waals surface area contributed by atoms with Gasteiger partial charge in [-0.05, 0) is 56.1 Å². The van der Waals surface area contributed by atoms with Crippen molar-refractivity contribution in [2.24, 2.45) is 11.8 Å². The van der Waals surface area contributed by atoms with Crippen LogP contribution in [0.25, 0.3) is 11.0 Å². The Morgan fingerprint density at radius 1 is 1.23 bits per heavy atom. The lowest BCUT2D eigenvalue weighted by molar-refractivity contribution is -0.123. The SMILES string of the molecule is CC(C)CC(NC(=O)CC1CC2CCC(C1)N2)c1nc2ccccc2[nH]1. The van der Waals surface area contributed by atoms with Crippen molar-refractivity contribution in [1.29, 1.82) is 0 Å². The molecular formula is C21H30N4O. The van der Waals surface area contributed by atoms with Crippen LogP contribution in [0.3, 0.4) is 0 Å². The maximum atomic E-state index is 12.8. The quantitative estimate of drug-likeness (QED) is 0.741. The first-order valence-corrected chi connectivity index (χ1v) is 10.1. The summed E-state index contributed by atoms with van der Waals surface area (Å²) in [6, 6.07) is 9.26. The standard InChI is InChI=1S/C21H30N4O/c1-13(2)9-19(21-24-17-5-3-4-6-18(17)25-21)23-20(26)12-14-10-15-7-8-16(11-14)22-15/h3-6,13-16,19,22H,7-12H2,1-2H3,(H,23,26)(H,24,25). The third kappa shape index (κ3) is 3.93. The van der Waals surface area contributed by atoms with E-state index in [1.54, 1.807) is 0 Å². The monoisotopic (exact) mass is 354 g/mol. The van der Waals surface area contributed by atoms with Gasteiger partial charge in [0.2, 0.25) is 5.91 Å². The zero-order valence-corrected chi connectivity index (χ0v) is 15.8. The first kappa shape index (κ1) is 17.5. The van der Waals surface area contributed by atoms with Crippen molar-refractivity contribution in [1.82, 2.24) is 20.6 Å². The van der Waals surface area contributed by atoms with Gasteiger partial charge in [0.1, 0.15) is 5.82 Å². The molecule has 4 rings (SSSR count). The van der Waals surface area contributed by atoms with E-state index in [1.165, 1.54) is 12.8 Å². The molecule has 1 aromatic carbocycles. The number of hydrogen-bond donors (Lipinski definition) is 3. The van der Waals surface area contributed by atoms with Crippen molar-refractivity contribution in [3.05, 3.63) is 30.1 Å². The molecule has 3 unspecified atom stereocenters. The van der Waals surface area contributed by atoms with Crippen molar-refractivity contribution in [2.45, 2.75) is 70.5 Å². The van der Waals surface area contributed by atoms with Crippen LogP contribution in [0, 0.1) is 11.8 Å². The highest BCUT2D eigenvalue weighted by molar-refractivity contribution is 5.77. The van der Waals surface area contributed by atoms with Crippen LogP contribution in [-0.4, -0.2) is 28.0 Å². The van der Waals surface area contributed by atoms with E-state index in [2.05, 4.69) is 29.5 Å². The van der Waals surface area contributed by atoms with Gasteiger partial charge in [-0.25, -0.2) is 4.98 Å². The molecule has 2 fully saturated rings. The van der Waals surface area contributed by atoms with E-state index in [4.69, 9.17) is 4.98 Å². The zero-order chi connectivity index (χ0) is 18.1. The molecular weight excluding hydrogens is 324 g/mol. The smallest absolute Gasteiger partial charge is 0.220 e. The van der Waals surface area contributed by atoms with E-state index < -0.39 is 0 Å². The minimum Gasteiger partial charge on any atom is -0.346 e. The highest BCUT2D eigenvalue weighted by Crippen LogP contribution is 2.33. The topological polar surface area (TPSA) is 69.8 Å². The van der Waals surface area contributed by atoms with E-state index in [1.807, 2.05) is 24.3 Å². The molecule has 3 N–H and O–H groups in total. The fourth-order valence-electron chi connectivity index (χ4n) is 4.71. The number of para-hydroxylation sites is 2. The van der Waals surface area contributed by atoms with Crippen molar-refractivity contribution >= 4 is 16.9 Å². The molecule has 5 heteroatoms. The fraction of sp³-hybridized carbons (Fsp3) is 0.619. The lowest BCUT2D eigenvalue weighted by Gasteiger charge is -2.29. The van der Waals surface area contributed by atoms with Crippen LogP contribution < -0.4 is 10.6 Å². The van der Waals surface area contributed by atoms with Gasteiger partial charge in [-0.1, -0.05) is 26.0 Å². The molecule has 1 amide bonds. The lowest BCUT2D eigenvalue weighted by atomic mass is 9.89. The molecule has 2 bridgehead atoms. The molecule has 3 heterocycles. The van der Waals surface area contributed by atoms with Gasteiger partial charge in [0.25, 0.3) is 0 Å². The Balaban J connectivity index is 1.43. The molecule has 0 radical (unpaired) electrons. The average Bonchev–Trinajstić information content (AvgIpc) is 3.16. The summed E-state index contributed by atoms with van der Waals surface area (Å²) in [5.74, 6) is 2.05. The minimum atomic E-state index is -0.0478. The van der Waals surface area contributed by atoms with E-state index in [9.17, 15) is 4.79 Å². The summed E-state index contributed by atoms with van der Waals surface area (Å²) in [6.45, 7) is 4.37. The Morgan fingerprint density at radius 2 is 1.96 bits per heavy atom. The molecule has 0 aliphatic carbocycles. The first-order valence-electron chi connectivity index (χ1n) is 10.1. The lowest BCUT2D eigenvalue weighted by Crippen LogP contribution is -2.40. The molecule has 2 aliphatic heterocycles. The highest BCUT2D eigenvalue weighted by atomic mass is 16.1. The largest absolute Gasteiger partial charge is 0.346 e. The number of imidazole rings is 1. The molecule has 0 saturated carbocycles.